The molecule has 0 bridgehead atoms. The van der Waals surface area contributed by atoms with Crippen LogP contribution in [0, 0.1) is 5.92 Å². The van der Waals surface area contributed by atoms with Crippen molar-refractivity contribution in [3.8, 4) is 0 Å². The minimum Gasteiger partial charge on any atom is -0.0885 e. The summed E-state index contributed by atoms with van der Waals surface area (Å²) < 4.78 is 0. The fourth-order valence-corrected chi connectivity index (χ4v) is 1.74. The van der Waals surface area contributed by atoms with Crippen molar-refractivity contribution < 1.29 is 0 Å². The summed E-state index contributed by atoms with van der Waals surface area (Å²) in [6.45, 7) is 2.29. The van der Waals surface area contributed by atoms with Crippen molar-refractivity contribution in [2.45, 2.75) is 45.4 Å². The van der Waals surface area contributed by atoms with E-state index in [1.807, 2.05) is 0 Å². The summed E-state index contributed by atoms with van der Waals surface area (Å²) in [6, 6.07) is 0. The second-order valence-corrected chi connectivity index (χ2v) is 3.28. The third kappa shape index (κ3) is 2.55. The third-order valence-electron chi connectivity index (χ3n) is 2.35. The minimum absolute atomic E-state index is 1.03. The molecule has 0 unspecified atom stereocenters. The Morgan fingerprint density at radius 2 is 1.80 bits per heavy atom. The lowest BCUT2D eigenvalue weighted by atomic mass is 9.95. The average molecular weight is 138 g/mol. The fraction of sp³-hybridized carbons (Fsp3) is 0.800. The monoisotopic (exact) mass is 138 g/mol. The molecule has 0 spiro atoms. The Hall–Kier alpha value is -0.260. The van der Waals surface area contributed by atoms with Gasteiger partial charge in [0.1, 0.15) is 0 Å². The lowest BCUT2D eigenvalue weighted by Crippen LogP contribution is -1.96. The molecular weight excluding hydrogens is 120 g/mol. The van der Waals surface area contributed by atoms with Gasteiger partial charge >= 0.3 is 0 Å². The summed E-state index contributed by atoms with van der Waals surface area (Å²) in [6.07, 6.45) is 13.0. The van der Waals surface area contributed by atoms with Gasteiger partial charge in [-0.3, -0.25) is 0 Å². The van der Waals surface area contributed by atoms with Gasteiger partial charge in [-0.2, -0.15) is 0 Å². The molecule has 0 heterocycles. The molecule has 1 rings (SSSR count). The highest BCUT2D eigenvalue weighted by atomic mass is 14.1. The van der Waals surface area contributed by atoms with Gasteiger partial charge in [0.25, 0.3) is 0 Å². The quantitative estimate of drug-likeness (QED) is 0.512. The summed E-state index contributed by atoms with van der Waals surface area (Å²) in [5.41, 5.74) is 0. The maximum atomic E-state index is 2.34. The van der Waals surface area contributed by atoms with E-state index < -0.39 is 0 Å². The van der Waals surface area contributed by atoms with Gasteiger partial charge in [-0.05, 0) is 31.6 Å². The number of allylic oxidation sites excluding steroid dienone is 2. The zero-order valence-electron chi connectivity index (χ0n) is 6.97. The highest BCUT2D eigenvalue weighted by Crippen LogP contribution is 2.22. The second-order valence-electron chi connectivity index (χ2n) is 3.28. The smallest absolute Gasteiger partial charge is 0.0348 e. The van der Waals surface area contributed by atoms with Crippen LogP contribution in [0.5, 0.6) is 0 Å². The molecule has 0 aromatic rings. The molecule has 0 N–H and O–H groups in total. The number of hydrogen-bond donors (Lipinski definition) is 0. The van der Waals surface area contributed by atoms with Gasteiger partial charge < -0.3 is 0 Å². The summed E-state index contributed by atoms with van der Waals surface area (Å²) in [7, 11) is 0. The first-order valence-corrected chi connectivity index (χ1v) is 4.58. The molecule has 1 aliphatic carbocycles. The van der Waals surface area contributed by atoms with Crippen molar-refractivity contribution in [1.29, 1.82) is 0 Å². The Morgan fingerprint density at radius 3 is 2.30 bits per heavy atom. The Labute approximate surface area is 64.3 Å². The normalized spacial score (nSPS) is 20.9. The maximum absolute atomic E-state index is 2.34. The zero-order chi connectivity index (χ0) is 7.23. The van der Waals surface area contributed by atoms with Gasteiger partial charge in [0, 0.05) is 0 Å². The van der Waals surface area contributed by atoms with Crippen molar-refractivity contribution in [2.75, 3.05) is 0 Å². The Bertz CT molecular complexity index is 92.6. The first kappa shape index (κ1) is 7.84. The molecule has 0 nitrogen and oxygen atoms in total. The molecule has 0 atom stereocenters. The van der Waals surface area contributed by atoms with Crippen molar-refractivity contribution in [3.63, 3.8) is 0 Å². The van der Waals surface area contributed by atoms with Gasteiger partial charge in [0.2, 0.25) is 0 Å². The van der Waals surface area contributed by atoms with Crippen LogP contribution < -0.4 is 0 Å². The van der Waals surface area contributed by atoms with Crippen LogP contribution in [0.3, 0.4) is 0 Å². The molecule has 58 valence electrons. The first-order valence-electron chi connectivity index (χ1n) is 4.58. The van der Waals surface area contributed by atoms with Crippen LogP contribution in [0.1, 0.15) is 45.4 Å². The highest BCUT2D eigenvalue weighted by molar-refractivity contribution is 4.86. The lowest BCUT2D eigenvalue weighted by Gasteiger charge is -2.11. The molecular formula is C10H18. The van der Waals surface area contributed by atoms with Gasteiger partial charge in [-0.15, -0.1) is 0 Å². The SMILES string of the molecule is CCCC1CCC=CCC1. The van der Waals surface area contributed by atoms with Crippen LogP contribution in [0.2, 0.25) is 0 Å². The van der Waals surface area contributed by atoms with Crippen LogP contribution in [0.15, 0.2) is 12.2 Å². The first-order chi connectivity index (χ1) is 4.93. The van der Waals surface area contributed by atoms with E-state index in [0.29, 0.717) is 0 Å². The Kier molecular flexibility index (Phi) is 3.56. The summed E-state index contributed by atoms with van der Waals surface area (Å²) in [5, 5.41) is 0. The summed E-state index contributed by atoms with van der Waals surface area (Å²) in [5.74, 6) is 1.03. The van der Waals surface area contributed by atoms with E-state index in [2.05, 4.69) is 19.1 Å². The lowest BCUT2D eigenvalue weighted by molar-refractivity contribution is 0.429. The molecule has 0 heteroatoms. The topological polar surface area (TPSA) is 0 Å². The van der Waals surface area contributed by atoms with E-state index in [1.165, 1.54) is 38.5 Å². The van der Waals surface area contributed by atoms with E-state index >= 15 is 0 Å². The summed E-state index contributed by atoms with van der Waals surface area (Å²) in [4.78, 5) is 0. The van der Waals surface area contributed by atoms with Crippen molar-refractivity contribution >= 4 is 0 Å². The van der Waals surface area contributed by atoms with E-state index in [0.717, 1.165) is 5.92 Å². The molecule has 0 saturated heterocycles. The van der Waals surface area contributed by atoms with Crippen LogP contribution in [0.25, 0.3) is 0 Å². The largest absolute Gasteiger partial charge is 0.0885 e. The molecule has 10 heavy (non-hydrogen) atoms. The van der Waals surface area contributed by atoms with Gasteiger partial charge in [0.05, 0.1) is 0 Å². The predicted molar refractivity (Wildman–Crippen MR) is 46.0 cm³/mol. The fourth-order valence-electron chi connectivity index (χ4n) is 1.74. The van der Waals surface area contributed by atoms with E-state index in [-0.39, 0.29) is 0 Å². The molecule has 0 aromatic carbocycles. The highest BCUT2D eigenvalue weighted by Gasteiger charge is 2.07. The van der Waals surface area contributed by atoms with Crippen molar-refractivity contribution in [2.24, 2.45) is 5.92 Å². The zero-order valence-corrected chi connectivity index (χ0v) is 6.97. The van der Waals surface area contributed by atoms with Gasteiger partial charge in [-0.1, -0.05) is 31.9 Å². The number of hydrogen-bond acceptors (Lipinski definition) is 0. The average Bonchev–Trinajstić information content (AvgIpc) is 2.17. The molecule has 0 amide bonds. The van der Waals surface area contributed by atoms with Gasteiger partial charge in [-0.25, -0.2) is 0 Å². The van der Waals surface area contributed by atoms with Crippen molar-refractivity contribution in [3.05, 3.63) is 12.2 Å². The second kappa shape index (κ2) is 4.54. The van der Waals surface area contributed by atoms with E-state index in [4.69, 9.17) is 0 Å². The van der Waals surface area contributed by atoms with Crippen LogP contribution in [0.4, 0.5) is 0 Å². The predicted octanol–water partition coefficient (Wildman–Crippen LogP) is 3.53. The minimum atomic E-state index is 1.03. The molecule has 0 aliphatic heterocycles. The Morgan fingerprint density at radius 1 is 1.20 bits per heavy atom. The Balaban J connectivity index is 2.20. The van der Waals surface area contributed by atoms with Crippen LogP contribution in [-0.2, 0) is 0 Å². The van der Waals surface area contributed by atoms with Crippen LogP contribution in [-0.4, -0.2) is 0 Å². The van der Waals surface area contributed by atoms with Gasteiger partial charge in [0.15, 0.2) is 0 Å². The maximum Gasteiger partial charge on any atom is -0.0348 e. The van der Waals surface area contributed by atoms with E-state index in [9.17, 15) is 0 Å². The molecule has 0 fully saturated rings. The molecule has 1 aliphatic rings. The standard InChI is InChI=1S/C10H18/c1-2-7-10-8-5-3-4-6-9-10/h3-4,10H,2,5-9H2,1H3. The summed E-state index contributed by atoms with van der Waals surface area (Å²) >= 11 is 0. The number of rotatable bonds is 2. The van der Waals surface area contributed by atoms with E-state index in [1.54, 1.807) is 0 Å². The molecule has 0 aromatic heterocycles. The molecule has 0 radical (unpaired) electrons. The third-order valence-corrected chi connectivity index (χ3v) is 2.35. The molecule has 0 saturated carbocycles. The van der Waals surface area contributed by atoms with Crippen LogP contribution >= 0.6 is 0 Å². The van der Waals surface area contributed by atoms with Crippen molar-refractivity contribution in [1.82, 2.24) is 0 Å².